The Labute approximate surface area is 206 Å². The third-order valence-corrected chi connectivity index (χ3v) is 7.35. The van der Waals surface area contributed by atoms with Crippen LogP contribution in [0.15, 0.2) is 53.9 Å². The first-order valence-corrected chi connectivity index (χ1v) is 12.4. The molecule has 180 valence electrons. The molecule has 1 aromatic heterocycles. The Kier molecular flexibility index (Phi) is 6.50. The number of carboxylic acid groups (broad SMARTS) is 1. The Balaban J connectivity index is 1.17. The summed E-state index contributed by atoms with van der Waals surface area (Å²) in [5, 5.41) is 13.8. The number of benzene rings is 2. The number of aromatic nitrogens is 1. The molecule has 2 N–H and O–H groups in total. The Hall–Kier alpha value is -3.72. The normalized spacial score (nSPS) is 16.6. The molecule has 1 atom stereocenters. The molecule has 0 bridgehead atoms. The molecule has 8 nitrogen and oxygen atoms in total. The largest absolute Gasteiger partial charge is 0.481 e. The van der Waals surface area contributed by atoms with Crippen LogP contribution in [0.4, 0.5) is 9.93 Å². The van der Waals surface area contributed by atoms with Gasteiger partial charge in [-0.3, -0.25) is 14.9 Å². The molecule has 9 heteroatoms. The van der Waals surface area contributed by atoms with Crippen molar-refractivity contribution >= 4 is 34.4 Å². The molecule has 0 unspecified atom stereocenters. The molecule has 35 heavy (non-hydrogen) atoms. The lowest BCUT2D eigenvalue weighted by Crippen LogP contribution is -2.37. The fourth-order valence-electron chi connectivity index (χ4n) is 5.00. The maximum Gasteiger partial charge on any atom is 0.413 e. The summed E-state index contributed by atoms with van der Waals surface area (Å²) in [4.78, 5) is 42.2. The van der Waals surface area contributed by atoms with Crippen molar-refractivity contribution in [3.05, 3.63) is 70.7 Å². The summed E-state index contributed by atoms with van der Waals surface area (Å²) >= 11 is 1.22. The lowest BCUT2D eigenvalue weighted by atomic mass is 9.98. The molecule has 0 saturated carbocycles. The molecular weight excluding hydrogens is 466 g/mol. The van der Waals surface area contributed by atoms with E-state index in [1.807, 2.05) is 24.3 Å². The van der Waals surface area contributed by atoms with Crippen molar-refractivity contribution in [2.75, 3.05) is 18.5 Å². The van der Waals surface area contributed by atoms with Crippen LogP contribution >= 0.6 is 11.3 Å². The molecule has 3 aromatic rings. The van der Waals surface area contributed by atoms with E-state index in [-0.39, 0.29) is 37.3 Å². The van der Waals surface area contributed by atoms with E-state index in [0.29, 0.717) is 23.8 Å². The zero-order valence-electron chi connectivity index (χ0n) is 19.0. The van der Waals surface area contributed by atoms with E-state index in [4.69, 9.17) is 9.84 Å². The standard InChI is InChI=1S/C26H25N3O5S/c30-23(29-11-5-6-17(29)13-24(31)32)12-16-15-35-25(27-16)28-26(33)34-14-22-20-9-3-1-7-18(20)19-8-2-4-10-21(19)22/h1-4,7-10,15,17,22H,5-6,11-14H2,(H,31,32)(H,27,28,33)/t17-/m1/s1. The first-order chi connectivity index (χ1) is 17.0. The van der Waals surface area contributed by atoms with Crippen molar-refractivity contribution in [3.63, 3.8) is 0 Å². The molecule has 1 fully saturated rings. The number of thiazole rings is 1. The summed E-state index contributed by atoms with van der Waals surface area (Å²) in [7, 11) is 0. The molecule has 0 spiro atoms. The van der Waals surface area contributed by atoms with Crippen molar-refractivity contribution in [2.45, 2.75) is 37.6 Å². The number of amides is 2. The smallest absolute Gasteiger partial charge is 0.413 e. The van der Waals surface area contributed by atoms with Gasteiger partial charge in [0, 0.05) is 23.9 Å². The van der Waals surface area contributed by atoms with Gasteiger partial charge in [-0.1, -0.05) is 48.5 Å². The SMILES string of the molecule is O=C(O)C[C@H]1CCCN1C(=O)Cc1csc(NC(=O)OCC2c3ccccc3-c3ccccc32)n1. The maximum atomic E-state index is 12.7. The second-order valence-corrected chi connectivity index (χ2v) is 9.61. The molecule has 1 saturated heterocycles. The van der Waals surface area contributed by atoms with Gasteiger partial charge in [-0.05, 0) is 35.1 Å². The van der Waals surface area contributed by atoms with Crippen LogP contribution in [0.25, 0.3) is 11.1 Å². The van der Waals surface area contributed by atoms with Gasteiger partial charge in [0.2, 0.25) is 5.91 Å². The van der Waals surface area contributed by atoms with Crippen molar-refractivity contribution in [3.8, 4) is 11.1 Å². The maximum absolute atomic E-state index is 12.7. The number of aliphatic carboxylic acids is 1. The molecule has 5 rings (SSSR count). The van der Waals surface area contributed by atoms with Crippen molar-refractivity contribution in [2.24, 2.45) is 0 Å². The average molecular weight is 492 g/mol. The van der Waals surface area contributed by atoms with Gasteiger partial charge in [-0.2, -0.15) is 0 Å². The molecule has 0 radical (unpaired) electrons. The second kappa shape index (κ2) is 9.87. The average Bonchev–Trinajstić information content (AvgIpc) is 3.55. The number of hydrogen-bond acceptors (Lipinski definition) is 6. The fourth-order valence-corrected chi connectivity index (χ4v) is 5.70. The number of nitrogens with zero attached hydrogens (tertiary/aromatic N) is 2. The summed E-state index contributed by atoms with van der Waals surface area (Å²) in [6.45, 7) is 0.766. The fraction of sp³-hybridized carbons (Fsp3) is 0.308. The summed E-state index contributed by atoms with van der Waals surface area (Å²) < 4.78 is 5.55. The lowest BCUT2D eigenvalue weighted by molar-refractivity contribution is -0.139. The number of hydrogen-bond donors (Lipinski definition) is 2. The quantitative estimate of drug-likeness (QED) is 0.503. The Bertz CT molecular complexity index is 1230. The number of fused-ring (bicyclic) bond motifs is 3. The first kappa shape index (κ1) is 23.0. The van der Waals surface area contributed by atoms with Crippen molar-refractivity contribution < 1.29 is 24.2 Å². The van der Waals surface area contributed by atoms with Crippen LogP contribution < -0.4 is 5.32 Å². The van der Waals surface area contributed by atoms with Gasteiger partial charge in [0.15, 0.2) is 5.13 Å². The molecular formula is C26H25N3O5S. The highest BCUT2D eigenvalue weighted by atomic mass is 32.1. The molecule has 2 heterocycles. The minimum atomic E-state index is -0.905. The second-order valence-electron chi connectivity index (χ2n) is 8.75. The van der Waals surface area contributed by atoms with E-state index in [1.165, 1.54) is 11.3 Å². The van der Waals surface area contributed by atoms with Crippen LogP contribution in [-0.2, 0) is 20.7 Å². The van der Waals surface area contributed by atoms with Gasteiger partial charge in [0.25, 0.3) is 0 Å². The highest BCUT2D eigenvalue weighted by molar-refractivity contribution is 7.13. The van der Waals surface area contributed by atoms with Crippen molar-refractivity contribution in [1.29, 1.82) is 0 Å². The number of rotatable bonds is 7. The zero-order valence-corrected chi connectivity index (χ0v) is 19.8. The highest BCUT2D eigenvalue weighted by Crippen LogP contribution is 2.44. The lowest BCUT2D eigenvalue weighted by Gasteiger charge is -2.23. The number of carbonyl (C=O) groups is 3. The summed E-state index contributed by atoms with van der Waals surface area (Å²) in [6.07, 6.45) is 0.926. The summed E-state index contributed by atoms with van der Waals surface area (Å²) in [5.74, 6) is -1.08. The third kappa shape index (κ3) is 4.90. The van der Waals surface area contributed by atoms with E-state index in [1.54, 1.807) is 10.3 Å². The number of carboxylic acids is 1. The zero-order chi connectivity index (χ0) is 24.4. The number of ether oxygens (including phenoxy) is 1. The topological polar surface area (TPSA) is 109 Å². The minimum Gasteiger partial charge on any atom is -0.481 e. The monoisotopic (exact) mass is 491 g/mol. The Morgan fingerprint density at radius 2 is 1.77 bits per heavy atom. The van der Waals surface area contributed by atoms with Crippen LogP contribution in [0.1, 0.15) is 42.0 Å². The number of nitrogens with one attached hydrogen (secondary N) is 1. The minimum absolute atomic E-state index is 0.0307. The summed E-state index contributed by atoms with van der Waals surface area (Å²) in [5.41, 5.74) is 5.14. The van der Waals surface area contributed by atoms with Gasteiger partial charge < -0.3 is 14.7 Å². The Morgan fingerprint density at radius 3 is 2.46 bits per heavy atom. The predicted molar refractivity (Wildman–Crippen MR) is 131 cm³/mol. The van der Waals surface area contributed by atoms with Crippen LogP contribution in [0.3, 0.4) is 0 Å². The Morgan fingerprint density at radius 1 is 1.09 bits per heavy atom. The van der Waals surface area contributed by atoms with Gasteiger partial charge in [-0.25, -0.2) is 9.78 Å². The highest BCUT2D eigenvalue weighted by Gasteiger charge is 2.31. The molecule has 2 aliphatic rings. The van der Waals surface area contributed by atoms with Crippen LogP contribution in [0.2, 0.25) is 0 Å². The first-order valence-electron chi connectivity index (χ1n) is 11.6. The predicted octanol–water partition coefficient (Wildman–Crippen LogP) is 4.51. The summed E-state index contributed by atoms with van der Waals surface area (Å²) in [6, 6.07) is 16.0. The van der Waals surface area contributed by atoms with Gasteiger partial charge in [0.1, 0.15) is 6.61 Å². The van der Waals surface area contributed by atoms with Gasteiger partial charge >= 0.3 is 12.1 Å². The van der Waals surface area contributed by atoms with Crippen LogP contribution in [-0.4, -0.2) is 52.2 Å². The van der Waals surface area contributed by atoms with Gasteiger partial charge in [-0.15, -0.1) is 11.3 Å². The van der Waals surface area contributed by atoms with E-state index in [0.717, 1.165) is 28.7 Å². The van der Waals surface area contributed by atoms with E-state index in [9.17, 15) is 14.4 Å². The van der Waals surface area contributed by atoms with E-state index < -0.39 is 12.1 Å². The van der Waals surface area contributed by atoms with Crippen LogP contribution in [0.5, 0.6) is 0 Å². The number of anilines is 1. The molecule has 1 aliphatic heterocycles. The third-order valence-electron chi connectivity index (χ3n) is 6.54. The molecule has 2 aromatic carbocycles. The molecule has 2 amide bonds. The molecule has 1 aliphatic carbocycles. The number of carbonyl (C=O) groups excluding carboxylic acids is 2. The van der Waals surface area contributed by atoms with Crippen LogP contribution in [0, 0.1) is 0 Å². The van der Waals surface area contributed by atoms with E-state index >= 15 is 0 Å². The van der Waals surface area contributed by atoms with E-state index in [2.05, 4.69) is 34.6 Å². The number of likely N-dealkylation sites (tertiary alicyclic amines) is 1. The van der Waals surface area contributed by atoms with Gasteiger partial charge in [0.05, 0.1) is 18.5 Å². The van der Waals surface area contributed by atoms with Crippen molar-refractivity contribution in [1.82, 2.24) is 9.88 Å².